The van der Waals surface area contributed by atoms with Gasteiger partial charge in [0, 0.05) is 23.2 Å². The zero-order chi connectivity index (χ0) is 15.4. The molecule has 1 aromatic heterocycles. The SMILES string of the molecule is CCC(N)Cc1ccc(N(C)Cc2ccc(C)o2)cc1Br. The van der Waals surface area contributed by atoms with E-state index in [0.29, 0.717) is 0 Å². The van der Waals surface area contributed by atoms with Crippen LogP contribution in [0.4, 0.5) is 5.69 Å². The number of furan rings is 1. The van der Waals surface area contributed by atoms with Crippen molar-refractivity contribution in [1.29, 1.82) is 0 Å². The topological polar surface area (TPSA) is 42.4 Å². The fourth-order valence-electron chi connectivity index (χ4n) is 2.26. The lowest BCUT2D eigenvalue weighted by Crippen LogP contribution is -2.21. The molecule has 0 fully saturated rings. The number of nitrogens with zero attached hydrogens (tertiary/aromatic N) is 1. The van der Waals surface area contributed by atoms with E-state index in [1.54, 1.807) is 0 Å². The van der Waals surface area contributed by atoms with Gasteiger partial charge in [0.25, 0.3) is 0 Å². The molecule has 1 aromatic carbocycles. The van der Waals surface area contributed by atoms with Crippen molar-refractivity contribution in [2.45, 2.75) is 39.3 Å². The van der Waals surface area contributed by atoms with Crippen LogP contribution in [0, 0.1) is 6.92 Å². The minimum absolute atomic E-state index is 0.218. The molecule has 2 N–H and O–H groups in total. The maximum Gasteiger partial charge on any atom is 0.123 e. The van der Waals surface area contributed by atoms with Crippen molar-refractivity contribution in [1.82, 2.24) is 0 Å². The molecule has 21 heavy (non-hydrogen) atoms. The molecule has 114 valence electrons. The number of anilines is 1. The third-order valence-electron chi connectivity index (χ3n) is 3.67. The van der Waals surface area contributed by atoms with Crippen LogP contribution in [0.2, 0.25) is 0 Å². The maximum absolute atomic E-state index is 6.03. The van der Waals surface area contributed by atoms with E-state index < -0.39 is 0 Å². The number of benzene rings is 1. The lowest BCUT2D eigenvalue weighted by Gasteiger charge is -2.20. The number of hydrogen-bond donors (Lipinski definition) is 1. The minimum Gasteiger partial charge on any atom is -0.464 e. The molecule has 0 aliphatic heterocycles. The molecule has 0 spiro atoms. The summed E-state index contributed by atoms with van der Waals surface area (Å²) >= 11 is 3.66. The number of hydrogen-bond acceptors (Lipinski definition) is 3. The molecule has 0 radical (unpaired) electrons. The summed E-state index contributed by atoms with van der Waals surface area (Å²) in [6, 6.07) is 10.7. The van der Waals surface area contributed by atoms with Gasteiger partial charge in [-0.15, -0.1) is 0 Å². The average Bonchev–Trinajstić information content (AvgIpc) is 2.86. The summed E-state index contributed by atoms with van der Waals surface area (Å²) in [5.41, 5.74) is 8.45. The van der Waals surface area contributed by atoms with E-state index in [0.717, 1.165) is 41.1 Å². The molecule has 2 rings (SSSR count). The van der Waals surface area contributed by atoms with E-state index in [-0.39, 0.29) is 6.04 Å². The summed E-state index contributed by atoms with van der Waals surface area (Å²) in [6.45, 7) is 4.84. The Hall–Kier alpha value is -1.26. The van der Waals surface area contributed by atoms with Crippen LogP contribution < -0.4 is 10.6 Å². The second-order valence-electron chi connectivity index (χ2n) is 5.52. The molecule has 0 bridgehead atoms. The van der Waals surface area contributed by atoms with Gasteiger partial charge in [-0.1, -0.05) is 28.9 Å². The number of aryl methyl sites for hydroxylation is 1. The Labute approximate surface area is 135 Å². The standard InChI is InChI=1S/C17H23BrN2O/c1-4-14(19)9-13-6-7-15(10-17(13)18)20(3)11-16-8-5-12(2)21-16/h5-8,10,14H,4,9,11,19H2,1-3H3. The van der Waals surface area contributed by atoms with Crippen molar-refractivity contribution < 1.29 is 4.42 Å². The van der Waals surface area contributed by atoms with E-state index in [4.69, 9.17) is 10.2 Å². The van der Waals surface area contributed by atoms with Gasteiger partial charge < -0.3 is 15.1 Å². The molecule has 2 aromatic rings. The quantitative estimate of drug-likeness (QED) is 0.845. The second-order valence-corrected chi connectivity index (χ2v) is 6.37. The summed E-state index contributed by atoms with van der Waals surface area (Å²) in [5, 5.41) is 0. The van der Waals surface area contributed by atoms with Crippen LogP contribution in [-0.4, -0.2) is 13.1 Å². The largest absolute Gasteiger partial charge is 0.464 e. The van der Waals surface area contributed by atoms with Crippen LogP contribution in [-0.2, 0) is 13.0 Å². The van der Waals surface area contributed by atoms with Crippen LogP contribution in [0.3, 0.4) is 0 Å². The highest BCUT2D eigenvalue weighted by atomic mass is 79.9. The Morgan fingerprint density at radius 2 is 2.05 bits per heavy atom. The van der Waals surface area contributed by atoms with E-state index in [2.05, 4.69) is 53.0 Å². The lowest BCUT2D eigenvalue weighted by atomic mass is 10.0. The lowest BCUT2D eigenvalue weighted by molar-refractivity contribution is 0.482. The van der Waals surface area contributed by atoms with E-state index >= 15 is 0 Å². The first kappa shape index (κ1) is 16.1. The van der Waals surface area contributed by atoms with Gasteiger partial charge in [-0.25, -0.2) is 0 Å². The van der Waals surface area contributed by atoms with Crippen LogP contribution in [0.25, 0.3) is 0 Å². The van der Waals surface area contributed by atoms with Gasteiger partial charge in [0.2, 0.25) is 0 Å². The van der Waals surface area contributed by atoms with Gasteiger partial charge in [0.05, 0.1) is 6.54 Å². The second kappa shape index (κ2) is 7.14. The van der Waals surface area contributed by atoms with Crippen LogP contribution in [0.5, 0.6) is 0 Å². The molecule has 3 nitrogen and oxygen atoms in total. The van der Waals surface area contributed by atoms with E-state index in [1.807, 2.05) is 19.1 Å². The molecule has 0 saturated carbocycles. The Morgan fingerprint density at radius 3 is 2.62 bits per heavy atom. The molecule has 1 unspecified atom stereocenters. The summed E-state index contributed by atoms with van der Waals surface area (Å²) < 4.78 is 6.74. The van der Waals surface area contributed by atoms with Gasteiger partial charge in [0.1, 0.15) is 11.5 Å². The van der Waals surface area contributed by atoms with Crippen molar-refractivity contribution >= 4 is 21.6 Å². The zero-order valence-corrected chi connectivity index (χ0v) is 14.5. The molecule has 1 atom stereocenters. The third-order valence-corrected chi connectivity index (χ3v) is 4.41. The number of halogens is 1. The summed E-state index contributed by atoms with van der Waals surface area (Å²) in [4.78, 5) is 2.17. The summed E-state index contributed by atoms with van der Waals surface area (Å²) in [7, 11) is 2.07. The first-order valence-corrected chi connectivity index (χ1v) is 8.09. The molecule has 0 aliphatic rings. The van der Waals surface area contributed by atoms with Crippen LogP contribution in [0.1, 0.15) is 30.4 Å². The van der Waals surface area contributed by atoms with Gasteiger partial charge in [-0.2, -0.15) is 0 Å². The maximum atomic E-state index is 6.03. The van der Waals surface area contributed by atoms with Crippen molar-refractivity contribution in [3.05, 3.63) is 51.9 Å². The molecular formula is C17H23BrN2O. The Bertz CT molecular complexity index is 594. The van der Waals surface area contributed by atoms with E-state index in [1.165, 1.54) is 5.56 Å². The number of nitrogens with two attached hydrogens (primary N) is 1. The molecular weight excluding hydrogens is 328 g/mol. The molecule has 0 saturated heterocycles. The van der Waals surface area contributed by atoms with Crippen molar-refractivity contribution in [3.8, 4) is 0 Å². The molecule has 1 heterocycles. The smallest absolute Gasteiger partial charge is 0.123 e. The molecule has 0 amide bonds. The van der Waals surface area contributed by atoms with Crippen molar-refractivity contribution in [3.63, 3.8) is 0 Å². The highest BCUT2D eigenvalue weighted by Gasteiger charge is 2.09. The predicted molar refractivity (Wildman–Crippen MR) is 91.7 cm³/mol. The highest BCUT2D eigenvalue weighted by Crippen LogP contribution is 2.26. The Morgan fingerprint density at radius 1 is 1.29 bits per heavy atom. The first-order valence-electron chi connectivity index (χ1n) is 7.30. The third kappa shape index (κ3) is 4.35. The first-order chi connectivity index (χ1) is 9.99. The van der Waals surface area contributed by atoms with Gasteiger partial charge in [-0.05, 0) is 49.6 Å². The van der Waals surface area contributed by atoms with E-state index in [9.17, 15) is 0 Å². The van der Waals surface area contributed by atoms with Gasteiger partial charge >= 0.3 is 0 Å². The highest BCUT2D eigenvalue weighted by molar-refractivity contribution is 9.10. The monoisotopic (exact) mass is 350 g/mol. The van der Waals surface area contributed by atoms with Crippen LogP contribution >= 0.6 is 15.9 Å². The summed E-state index contributed by atoms with van der Waals surface area (Å²) in [5.74, 6) is 1.92. The van der Waals surface area contributed by atoms with Gasteiger partial charge in [-0.3, -0.25) is 0 Å². The van der Waals surface area contributed by atoms with Crippen molar-refractivity contribution in [2.75, 3.05) is 11.9 Å². The minimum atomic E-state index is 0.218. The molecule has 0 aliphatic carbocycles. The summed E-state index contributed by atoms with van der Waals surface area (Å²) in [6.07, 6.45) is 1.89. The zero-order valence-electron chi connectivity index (χ0n) is 12.9. The fraction of sp³-hybridized carbons (Fsp3) is 0.412. The number of rotatable bonds is 6. The predicted octanol–water partition coefficient (Wildman–Crippen LogP) is 4.27. The van der Waals surface area contributed by atoms with Crippen LogP contribution in [0.15, 0.2) is 39.2 Å². The van der Waals surface area contributed by atoms with Gasteiger partial charge in [0.15, 0.2) is 0 Å². The average molecular weight is 351 g/mol. The Kier molecular flexibility index (Phi) is 5.48. The fourth-order valence-corrected chi connectivity index (χ4v) is 2.79. The molecule has 4 heteroatoms. The Balaban J connectivity index is 2.08. The normalized spacial score (nSPS) is 12.4. The van der Waals surface area contributed by atoms with Crippen molar-refractivity contribution in [2.24, 2.45) is 5.73 Å².